The van der Waals surface area contributed by atoms with Crippen molar-refractivity contribution in [1.29, 1.82) is 0 Å². The largest absolute Gasteiger partial charge is 0.455 e. The lowest BCUT2D eigenvalue weighted by atomic mass is 9.43. The van der Waals surface area contributed by atoms with Gasteiger partial charge in [0, 0.05) is 38.4 Å². The lowest BCUT2D eigenvalue weighted by molar-refractivity contribution is -0.0399. The Morgan fingerprint density at radius 2 is 1.00 bits per heavy atom. The van der Waals surface area contributed by atoms with Crippen molar-refractivity contribution in [2.75, 3.05) is 0 Å². The molecular weight excluding hydrogens is 647 g/mol. The van der Waals surface area contributed by atoms with Gasteiger partial charge in [0.1, 0.15) is 11.2 Å². The quantitative estimate of drug-likeness (QED) is 0.185. The second kappa shape index (κ2) is 11.1. The summed E-state index contributed by atoms with van der Waals surface area (Å²) in [5.41, 5.74) is 13.0. The van der Waals surface area contributed by atoms with Gasteiger partial charge >= 0.3 is 0 Å². The number of benzene rings is 6. The van der Waals surface area contributed by atoms with Crippen molar-refractivity contribution in [1.82, 2.24) is 15.0 Å². The molecule has 0 radical (unpaired) electrons. The summed E-state index contributed by atoms with van der Waals surface area (Å²) in [4.78, 5) is 15.5. The molecular formula is C49H37N3O. The molecule has 0 saturated heterocycles. The fourth-order valence-electron chi connectivity index (χ4n) is 11.4. The molecule has 0 atom stereocenters. The summed E-state index contributed by atoms with van der Waals surface area (Å²) < 4.78 is 6.37. The van der Waals surface area contributed by atoms with E-state index in [4.69, 9.17) is 19.4 Å². The zero-order valence-corrected chi connectivity index (χ0v) is 29.4. The third-order valence-corrected chi connectivity index (χ3v) is 13.3. The lowest BCUT2D eigenvalue weighted by Crippen LogP contribution is -2.55. The van der Waals surface area contributed by atoms with E-state index >= 15 is 0 Å². The minimum Gasteiger partial charge on any atom is -0.455 e. The molecule has 4 bridgehead atoms. The van der Waals surface area contributed by atoms with Crippen molar-refractivity contribution in [2.45, 2.75) is 37.5 Å². The summed E-state index contributed by atoms with van der Waals surface area (Å²) in [6.45, 7) is 0. The third kappa shape index (κ3) is 4.27. The maximum Gasteiger partial charge on any atom is 0.164 e. The van der Waals surface area contributed by atoms with Gasteiger partial charge in [0.05, 0.1) is 0 Å². The normalized spacial score (nSPS) is 23.5. The zero-order chi connectivity index (χ0) is 34.7. The Bertz CT molecular complexity index is 2720. The number of hydrogen-bond acceptors (Lipinski definition) is 4. The predicted octanol–water partition coefficient (Wildman–Crippen LogP) is 12.2. The minimum atomic E-state index is 0.0893. The molecule has 254 valence electrons. The van der Waals surface area contributed by atoms with Crippen LogP contribution in [0.4, 0.5) is 0 Å². The number of fused-ring (bicyclic) bond motifs is 6. The van der Waals surface area contributed by atoms with E-state index in [0.717, 1.165) is 67.4 Å². The first-order valence-corrected chi connectivity index (χ1v) is 19.3. The molecule has 0 unspecified atom stereocenters. The van der Waals surface area contributed by atoms with Crippen LogP contribution >= 0.6 is 0 Å². The highest BCUT2D eigenvalue weighted by molar-refractivity contribution is 6.09. The summed E-state index contributed by atoms with van der Waals surface area (Å²) >= 11 is 0. The Labute approximate surface area is 308 Å². The van der Waals surface area contributed by atoms with Crippen molar-refractivity contribution in [2.24, 2.45) is 23.7 Å². The number of para-hydroxylation sites is 2. The Kier molecular flexibility index (Phi) is 6.20. The minimum absolute atomic E-state index is 0.0893. The van der Waals surface area contributed by atoms with Gasteiger partial charge in [-0.2, -0.15) is 0 Å². The number of furan rings is 1. The summed E-state index contributed by atoms with van der Waals surface area (Å²) in [6.07, 6.45) is 6.89. The molecule has 1 spiro atoms. The van der Waals surface area contributed by atoms with Crippen molar-refractivity contribution < 1.29 is 4.42 Å². The van der Waals surface area contributed by atoms with Crippen molar-refractivity contribution in [3.8, 4) is 56.4 Å². The summed E-state index contributed by atoms with van der Waals surface area (Å²) in [6, 6.07) is 49.9. The van der Waals surface area contributed by atoms with E-state index in [1.54, 1.807) is 5.56 Å². The van der Waals surface area contributed by atoms with Gasteiger partial charge in [-0.05, 0) is 95.7 Å². The van der Waals surface area contributed by atoms with Gasteiger partial charge in [0.25, 0.3) is 0 Å². The molecule has 6 aromatic carbocycles. The Morgan fingerprint density at radius 3 is 1.77 bits per heavy atom. The first-order valence-electron chi connectivity index (χ1n) is 19.3. The van der Waals surface area contributed by atoms with Gasteiger partial charge < -0.3 is 4.42 Å². The maximum absolute atomic E-state index is 6.37. The van der Waals surface area contributed by atoms with Gasteiger partial charge in [0.15, 0.2) is 17.5 Å². The fraction of sp³-hybridized carbons (Fsp3) is 0.204. The molecule has 4 nitrogen and oxygen atoms in total. The van der Waals surface area contributed by atoms with Gasteiger partial charge in [0.2, 0.25) is 0 Å². The van der Waals surface area contributed by atoms with E-state index in [-0.39, 0.29) is 5.41 Å². The van der Waals surface area contributed by atoms with Gasteiger partial charge in [-0.1, -0.05) is 127 Å². The molecule has 8 aromatic rings. The highest BCUT2D eigenvalue weighted by Crippen LogP contribution is 2.69. The zero-order valence-electron chi connectivity index (χ0n) is 29.4. The summed E-state index contributed by atoms with van der Waals surface area (Å²) in [7, 11) is 0. The van der Waals surface area contributed by atoms with Crippen LogP contribution in [0.25, 0.3) is 78.4 Å². The molecule has 0 N–H and O–H groups in total. The first-order chi connectivity index (χ1) is 26.2. The lowest BCUT2D eigenvalue weighted by Gasteiger charge is -2.61. The topological polar surface area (TPSA) is 51.8 Å². The highest BCUT2D eigenvalue weighted by atomic mass is 16.3. The highest BCUT2D eigenvalue weighted by Gasteiger charge is 2.61. The van der Waals surface area contributed by atoms with Crippen LogP contribution in [-0.2, 0) is 5.41 Å². The maximum atomic E-state index is 6.37. The number of rotatable bonds is 4. The van der Waals surface area contributed by atoms with Crippen molar-refractivity contribution in [3.63, 3.8) is 0 Å². The Hall–Kier alpha value is -5.87. The SMILES string of the molecule is c1ccc(-c2nc(-c3ccc(-c4cccc5c4oc4ccccc45)cc3)nc(-c3ccc4c(c3)C3(c5ccccc5-4)C4CC5CC(C4)CC3C5)n2)cc1. The molecule has 4 heteroatoms. The standard InChI is InChI=1S/C49H37N3O/c1-2-9-32(10-3-1)46-50-47(33-19-17-31(18-20-33)37-13-8-14-41-40-12-5-7-16-44(40)53-45(37)41)52-48(51-46)34-21-22-39-38-11-4-6-15-42(38)49(43(39)28-34)35-24-29-23-30(26-35)27-36(49)25-29/h1-22,28-30,35-36H,23-27H2. The third-order valence-electron chi connectivity index (χ3n) is 13.3. The Morgan fingerprint density at radius 1 is 0.434 bits per heavy atom. The summed E-state index contributed by atoms with van der Waals surface area (Å²) in [5, 5.41) is 2.27. The molecule has 5 aliphatic rings. The molecule has 13 rings (SSSR count). The molecule has 5 aliphatic carbocycles. The van der Waals surface area contributed by atoms with Crippen LogP contribution in [0.1, 0.15) is 43.2 Å². The van der Waals surface area contributed by atoms with Crippen LogP contribution in [0, 0.1) is 23.7 Å². The summed E-state index contributed by atoms with van der Waals surface area (Å²) in [5.74, 6) is 5.30. The van der Waals surface area contributed by atoms with Gasteiger partial charge in [-0.25, -0.2) is 15.0 Å². The average molecular weight is 684 g/mol. The van der Waals surface area contributed by atoms with E-state index in [1.165, 1.54) is 48.8 Å². The molecule has 4 fully saturated rings. The van der Waals surface area contributed by atoms with E-state index in [9.17, 15) is 0 Å². The monoisotopic (exact) mass is 683 g/mol. The molecule has 4 saturated carbocycles. The molecule has 2 heterocycles. The first kappa shape index (κ1) is 29.7. The van der Waals surface area contributed by atoms with E-state index in [0.29, 0.717) is 23.5 Å². The predicted molar refractivity (Wildman–Crippen MR) is 212 cm³/mol. The van der Waals surface area contributed by atoms with Gasteiger partial charge in [-0.3, -0.25) is 0 Å². The molecule has 0 aliphatic heterocycles. The molecule has 2 aromatic heterocycles. The van der Waals surface area contributed by atoms with Gasteiger partial charge in [-0.15, -0.1) is 0 Å². The second-order valence-electron chi connectivity index (χ2n) is 16.0. The van der Waals surface area contributed by atoms with E-state index in [1.807, 2.05) is 18.2 Å². The smallest absolute Gasteiger partial charge is 0.164 e. The number of hydrogen-bond donors (Lipinski definition) is 0. The average Bonchev–Trinajstić information content (AvgIpc) is 3.74. The van der Waals surface area contributed by atoms with Crippen LogP contribution in [0.2, 0.25) is 0 Å². The van der Waals surface area contributed by atoms with Crippen LogP contribution in [0.15, 0.2) is 144 Å². The van der Waals surface area contributed by atoms with E-state index in [2.05, 4.69) is 121 Å². The molecule has 0 amide bonds. The molecule has 53 heavy (non-hydrogen) atoms. The fourth-order valence-corrected chi connectivity index (χ4v) is 11.4. The number of nitrogens with zero attached hydrogens (tertiary/aromatic N) is 3. The van der Waals surface area contributed by atoms with Crippen LogP contribution in [-0.4, -0.2) is 15.0 Å². The van der Waals surface area contributed by atoms with E-state index < -0.39 is 0 Å². The Balaban J connectivity index is 0.990. The number of aromatic nitrogens is 3. The van der Waals surface area contributed by atoms with Crippen LogP contribution in [0.3, 0.4) is 0 Å². The van der Waals surface area contributed by atoms with Crippen molar-refractivity contribution >= 4 is 21.9 Å². The van der Waals surface area contributed by atoms with Crippen LogP contribution in [0.5, 0.6) is 0 Å². The van der Waals surface area contributed by atoms with Crippen molar-refractivity contribution in [3.05, 3.63) is 151 Å². The van der Waals surface area contributed by atoms with Crippen LogP contribution < -0.4 is 0 Å². The second-order valence-corrected chi connectivity index (χ2v) is 16.0.